The number of ether oxygens (including phenoxy) is 2. The Morgan fingerprint density at radius 3 is 1.39 bits per heavy atom. The van der Waals surface area contributed by atoms with E-state index < -0.39 is 6.10 Å². The van der Waals surface area contributed by atoms with Crippen LogP contribution in [0.3, 0.4) is 0 Å². The van der Waals surface area contributed by atoms with Gasteiger partial charge < -0.3 is 14.6 Å². The molecule has 1 unspecified atom stereocenters. The molecular weight excluding hydrogens is 604 g/mol. The number of esters is 1. The molecule has 49 heavy (non-hydrogen) atoms. The predicted molar refractivity (Wildman–Crippen MR) is 214 cm³/mol. The van der Waals surface area contributed by atoms with Crippen LogP contribution in [0.15, 0.2) is 48.6 Å². The van der Waals surface area contributed by atoms with Crippen molar-refractivity contribution in [1.82, 2.24) is 0 Å². The van der Waals surface area contributed by atoms with Crippen molar-refractivity contribution in [2.45, 2.75) is 213 Å². The second-order valence-corrected chi connectivity index (χ2v) is 14.0. The molecule has 0 aromatic heterocycles. The zero-order chi connectivity index (χ0) is 35.6. The lowest BCUT2D eigenvalue weighted by Crippen LogP contribution is -2.27. The van der Waals surface area contributed by atoms with Gasteiger partial charge in [-0.05, 0) is 51.4 Å². The van der Waals surface area contributed by atoms with Crippen molar-refractivity contribution in [1.29, 1.82) is 0 Å². The lowest BCUT2D eigenvalue weighted by Gasteiger charge is -2.16. The highest BCUT2D eigenvalue weighted by molar-refractivity contribution is 5.69. The summed E-state index contributed by atoms with van der Waals surface area (Å²) >= 11 is 0. The molecule has 0 aliphatic heterocycles. The van der Waals surface area contributed by atoms with Crippen molar-refractivity contribution in [3.8, 4) is 0 Å². The van der Waals surface area contributed by atoms with E-state index in [1.54, 1.807) is 0 Å². The van der Waals surface area contributed by atoms with Crippen molar-refractivity contribution < 1.29 is 19.4 Å². The molecule has 0 aliphatic rings. The van der Waals surface area contributed by atoms with E-state index in [2.05, 4.69) is 62.5 Å². The molecule has 0 aliphatic carbocycles. The van der Waals surface area contributed by atoms with E-state index in [-0.39, 0.29) is 12.6 Å². The van der Waals surface area contributed by atoms with Crippen LogP contribution >= 0.6 is 0 Å². The number of hydrogen-bond donors (Lipinski definition) is 1. The summed E-state index contributed by atoms with van der Waals surface area (Å²) in [5.74, 6) is -0.202. The van der Waals surface area contributed by atoms with Crippen LogP contribution in [-0.4, -0.2) is 37.0 Å². The van der Waals surface area contributed by atoms with Gasteiger partial charge in [0.25, 0.3) is 0 Å². The molecule has 0 saturated carbocycles. The Hall–Kier alpha value is -1.65. The molecule has 1 atom stereocenters. The van der Waals surface area contributed by atoms with E-state index in [1.165, 1.54) is 141 Å². The topological polar surface area (TPSA) is 55.8 Å². The fourth-order valence-electron chi connectivity index (χ4n) is 6.03. The summed E-state index contributed by atoms with van der Waals surface area (Å²) in [6.07, 6.45) is 54.6. The number of carbonyl (C=O) groups is 1. The van der Waals surface area contributed by atoms with Crippen LogP contribution in [0.1, 0.15) is 206 Å². The number of rotatable bonds is 39. The van der Waals surface area contributed by atoms with Crippen molar-refractivity contribution in [2.24, 2.45) is 0 Å². The Morgan fingerprint density at radius 2 is 0.918 bits per heavy atom. The quantitative estimate of drug-likeness (QED) is 0.0397. The van der Waals surface area contributed by atoms with Crippen molar-refractivity contribution >= 4 is 5.97 Å². The normalized spacial score (nSPS) is 12.8. The Morgan fingerprint density at radius 1 is 0.510 bits per heavy atom. The van der Waals surface area contributed by atoms with Crippen LogP contribution in [0.5, 0.6) is 0 Å². The molecule has 0 bridgehead atoms. The molecule has 4 nitrogen and oxygen atoms in total. The maximum atomic E-state index is 12.1. The fourth-order valence-corrected chi connectivity index (χ4v) is 6.03. The zero-order valence-corrected chi connectivity index (χ0v) is 32.7. The summed E-state index contributed by atoms with van der Waals surface area (Å²) in [4.78, 5) is 12.1. The van der Waals surface area contributed by atoms with E-state index in [4.69, 9.17) is 9.47 Å². The summed E-state index contributed by atoms with van der Waals surface area (Å²) in [5, 5.41) is 9.57. The van der Waals surface area contributed by atoms with Gasteiger partial charge in [0.2, 0.25) is 0 Å². The first-order chi connectivity index (χ1) is 24.2. The third-order valence-corrected chi connectivity index (χ3v) is 9.17. The summed E-state index contributed by atoms with van der Waals surface area (Å²) in [7, 11) is 0. The first kappa shape index (κ1) is 47.4. The summed E-state index contributed by atoms with van der Waals surface area (Å²) in [6.45, 7) is 5.24. The third-order valence-electron chi connectivity index (χ3n) is 9.17. The van der Waals surface area contributed by atoms with Gasteiger partial charge in [0.15, 0.2) is 0 Å². The van der Waals surface area contributed by atoms with Crippen LogP contribution in [0.4, 0.5) is 0 Å². The average molecular weight is 687 g/mol. The maximum Gasteiger partial charge on any atom is 0.306 e. The van der Waals surface area contributed by atoms with Crippen molar-refractivity contribution in [3.63, 3.8) is 0 Å². The monoisotopic (exact) mass is 687 g/mol. The Labute approximate surface area is 305 Å². The van der Waals surface area contributed by atoms with Gasteiger partial charge in [-0.1, -0.05) is 197 Å². The maximum absolute atomic E-state index is 12.1. The van der Waals surface area contributed by atoms with E-state index in [1.807, 2.05) is 0 Å². The third kappa shape index (κ3) is 40.7. The number of carbonyl (C=O) groups excluding carboxylic acids is 1. The molecule has 286 valence electrons. The fraction of sp³-hybridized carbons (Fsp3) is 0.800. The van der Waals surface area contributed by atoms with Crippen molar-refractivity contribution in [2.75, 3.05) is 19.8 Å². The first-order valence-corrected chi connectivity index (χ1v) is 21.2. The molecule has 0 rings (SSSR count). The van der Waals surface area contributed by atoms with Crippen molar-refractivity contribution in [3.05, 3.63) is 48.6 Å². The summed E-state index contributed by atoms with van der Waals surface area (Å²) < 4.78 is 11.1. The molecule has 0 aromatic carbocycles. The van der Waals surface area contributed by atoms with Gasteiger partial charge in [-0.25, -0.2) is 0 Å². The second-order valence-electron chi connectivity index (χ2n) is 14.0. The van der Waals surface area contributed by atoms with Crippen LogP contribution in [-0.2, 0) is 14.3 Å². The van der Waals surface area contributed by atoms with Crippen LogP contribution in [0.2, 0.25) is 0 Å². The van der Waals surface area contributed by atoms with Crippen LogP contribution in [0, 0.1) is 0 Å². The Bertz CT molecular complexity index is 768. The van der Waals surface area contributed by atoms with E-state index in [9.17, 15) is 9.90 Å². The average Bonchev–Trinajstić information content (AvgIpc) is 3.11. The van der Waals surface area contributed by atoms with E-state index >= 15 is 0 Å². The molecular formula is C45H82O4. The minimum atomic E-state index is -0.531. The Balaban J connectivity index is 3.39. The van der Waals surface area contributed by atoms with Gasteiger partial charge in [-0.15, -0.1) is 0 Å². The number of unbranched alkanes of at least 4 members (excludes halogenated alkanes) is 23. The standard InChI is InChI=1S/C45H82O4/c1-3-5-7-9-11-13-15-16-17-18-19-20-21-22-23-24-25-26-27-28-29-31-33-35-37-39-41-48-43-44(42-46)49-45(47)40-38-36-34-32-30-14-12-10-8-6-4-2/h5,7,11,13,16-17,19-20,44,46H,3-4,6,8-10,12,14-15,18,21-43H2,1-2H3/b7-5-,13-11-,17-16-,20-19-. The molecule has 0 fully saturated rings. The molecule has 0 spiro atoms. The smallest absolute Gasteiger partial charge is 0.306 e. The van der Waals surface area contributed by atoms with Gasteiger partial charge in [0.1, 0.15) is 6.10 Å². The highest BCUT2D eigenvalue weighted by Crippen LogP contribution is 2.14. The molecule has 1 N–H and O–H groups in total. The zero-order valence-electron chi connectivity index (χ0n) is 32.7. The minimum absolute atomic E-state index is 0.170. The first-order valence-electron chi connectivity index (χ1n) is 21.2. The minimum Gasteiger partial charge on any atom is -0.457 e. The van der Waals surface area contributed by atoms with Gasteiger partial charge in [-0.3, -0.25) is 4.79 Å². The SMILES string of the molecule is CC/C=C\C/C=C\C/C=C\C/C=C\CCCCCCCCCCCCCCCOCC(CO)OC(=O)CCCCCCCCCCCCC. The molecule has 4 heteroatoms. The van der Waals surface area contributed by atoms with Gasteiger partial charge >= 0.3 is 5.97 Å². The van der Waals surface area contributed by atoms with Crippen LogP contribution < -0.4 is 0 Å². The lowest BCUT2D eigenvalue weighted by molar-refractivity contribution is -0.154. The molecule has 0 heterocycles. The van der Waals surface area contributed by atoms with Gasteiger partial charge in [0, 0.05) is 13.0 Å². The number of aliphatic hydroxyl groups is 1. The van der Waals surface area contributed by atoms with E-state index in [0.717, 1.165) is 44.9 Å². The highest BCUT2D eigenvalue weighted by Gasteiger charge is 2.13. The number of hydrogen-bond acceptors (Lipinski definition) is 4. The highest BCUT2D eigenvalue weighted by atomic mass is 16.6. The van der Waals surface area contributed by atoms with E-state index in [0.29, 0.717) is 19.6 Å². The Kier molecular flexibility index (Phi) is 41.1. The molecule has 0 saturated heterocycles. The molecule has 0 aromatic rings. The largest absolute Gasteiger partial charge is 0.457 e. The van der Waals surface area contributed by atoms with Gasteiger partial charge in [0.05, 0.1) is 13.2 Å². The second kappa shape index (κ2) is 42.5. The van der Waals surface area contributed by atoms with Gasteiger partial charge in [-0.2, -0.15) is 0 Å². The molecule has 0 radical (unpaired) electrons. The lowest BCUT2D eigenvalue weighted by atomic mass is 10.0. The molecule has 0 amide bonds. The summed E-state index contributed by atoms with van der Waals surface area (Å²) in [6, 6.07) is 0. The van der Waals surface area contributed by atoms with Crippen LogP contribution in [0.25, 0.3) is 0 Å². The number of aliphatic hydroxyl groups excluding tert-OH is 1. The number of allylic oxidation sites excluding steroid dienone is 8. The predicted octanol–water partition coefficient (Wildman–Crippen LogP) is 13.9. The summed E-state index contributed by atoms with van der Waals surface area (Å²) in [5.41, 5.74) is 0.